The van der Waals surface area contributed by atoms with E-state index in [1.54, 1.807) is 11.0 Å². The molecular weight excluding hydrogens is 358 g/mol. The molecule has 7 heteroatoms. The SMILES string of the molecule is CC(=O)N[C@@H]1CCN(C(=O)c2cc(COc3ccc4c(c3)CCCC4)on2)C1. The first-order valence-electron chi connectivity index (χ1n) is 9.85. The molecule has 28 heavy (non-hydrogen) atoms. The molecule has 4 rings (SSSR count). The highest BCUT2D eigenvalue weighted by Crippen LogP contribution is 2.26. The van der Waals surface area contributed by atoms with Gasteiger partial charge in [0.1, 0.15) is 12.4 Å². The summed E-state index contributed by atoms with van der Waals surface area (Å²) >= 11 is 0. The molecule has 148 valence electrons. The first-order valence-corrected chi connectivity index (χ1v) is 9.85. The summed E-state index contributed by atoms with van der Waals surface area (Å²) in [5.74, 6) is 1.06. The number of hydrogen-bond acceptors (Lipinski definition) is 5. The minimum absolute atomic E-state index is 0.000152. The number of aromatic nitrogens is 1. The molecule has 0 bridgehead atoms. The molecular formula is C21H25N3O4. The molecule has 1 aliphatic carbocycles. The highest BCUT2D eigenvalue weighted by atomic mass is 16.5. The van der Waals surface area contributed by atoms with Crippen molar-refractivity contribution in [1.29, 1.82) is 0 Å². The maximum absolute atomic E-state index is 12.6. The zero-order valence-corrected chi connectivity index (χ0v) is 16.1. The molecule has 2 aliphatic rings. The van der Waals surface area contributed by atoms with Gasteiger partial charge in [-0.2, -0.15) is 0 Å². The van der Waals surface area contributed by atoms with Crippen molar-refractivity contribution in [2.24, 2.45) is 0 Å². The number of nitrogens with zero attached hydrogens (tertiary/aromatic N) is 2. The Bertz CT molecular complexity index is 876. The maximum Gasteiger partial charge on any atom is 0.276 e. The fraction of sp³-hybridized carbons (Fsp3) is 0.476. The van der Waals surface area contributed by atoms with E-state index < -0.39 is 0 Å². The summed E-state index contributed by atoms with van der Waals surface area (Å²) in [5, 5.41) is 6.74. The van der Waals surface area contributed by atoms with Crippen molar-refractivity contribution >= 4 is 11.8 Å². The lowest BCUT2D eigenvalue weighted by molar-refractivity contribution is -0.119. The van der Waals surface area contributed by atoms with Gasteiger partial charge in [-0.1, -0.05) is 11.2 Å². The third-order valence-electron chi connectivity index (χ3n) is 5.36. The number of ether oxygens (including phenoxy) is 1. The summed E-state index contributed by atoms with van der Waals surface area (Å²) in [7, 11) is 0. The molecule has 1 aromatic carbocycles. The molecule has 2 heterocycles. The van der Waals surface area contributed by atoms with Crippen LogP contribution in [-0.2, 0) is 24.2 Å². The van der Waals surface area contributed by atoms with Crippen molar-refractivity contribution in [1.82, 2.24) is 15.4 Å². The predicted octanol–water partition coefficient (Wildman–Crippen LogP) is 2.48. The van der Waals surface area contributed by atoms with Gasteiger partial charge in [0.25, 0.3) is 5.91 Å². The number of carbonyl (C=O) groups is 2. The molecule has 1 fully saturated rings. The number of rotatable bonds is 5. The lowest BCUT2D eigenvalue weighted by Gasteiger charge is -2.16. The number of benzene rings is 1. The molecule has 0 radical (unpaired) electrons. The summed E-state index contributed by atoms with van der Waals surface area (Å²) in [5.41, 5.74) is 3.04. The van der Waals surface area contributed by atoms with Crippen LogP contribution in [0.1, 0.15) is 53.6 Å². The van der Waals surface area contributed by atoms with Crippen LogP contribution in [0, 0.1) is 0 Å². The van der Waals surface area contributed by atoms with E-state index >= 15 is 0 Å². The Labute approximate surface area is 164 Å². The van der Waals surface area contributed by atoms with Crippen LogP contribution in [0.4, 0.5) is 0 Å². The normalized spacial score (nSPS) is 18.6. The topological polar surface area (TPSA) is 84.7 Å². The fourth-order valence-corrected chi connectivity index (χ4v) is 3.95. The number of fused-ring (bicyclic) bond motifs is 1. The zero-order valence-electron chi connectivity index (χ0n) is 16.1. The van der Waals surface area contributed by atoms with Crippen LogP contribution < -0.4 is 10.1 Å². The van der Waals surface area contributed by atoms with Crippen LogP contribution in [0.5, 0.6) is 5.75 Å². The smallest absolute Gasteiger partial charge is 0.276 e. The Morgan fingerprint density at radius 3 is 2.89 bits per heavy atom. The Balaban J connectivity index is 1.33. The lowest BCUT2D eigenvalue weighted by atomic mass is 9.92. The number of likely N-dealkylation sites (tertiary alicyclic amines) is 1. The van der Waals surface area contributed by atoms with Gasteiger partial charge < -0.3 is 19.5 Å². The van der Waals surface area contributed by atoms with Crippen LogP contribution >= 0.6 is 0 Å². The van der Waals surface area contributed by atoms with E-state index in [-0.39, 0.29) is 30.2 Å². The first-order chi connectivity index (χ1) is 13.6. The highest BCUT2D eigenvalue weighted by molar-refractivity contribution is 5.92. The lowest BCUT2D eigenvalue weighted by Crippen LogP contribution is -2.37. The van der Waals surface area contributed by atoms with Crippen LogP contribution in [0.15, 0.2) is 28.8 Å². The highest BCUT2D eigenvalue weighted by Gasteiger charge is 2.29. The molecule has 0 spiro atoms. The number of nitrogens with one attached hydrogen (secondary N) is 1. The molecule has 0 unspecified atom stereocenters. The van der Waals surface area contributed by atoms with Gasteiger partial charge >= 0.3 is 0 Å². The van der Waals surface area contributed by atoms with E-state index in [0.29, 0.717) is 18.8 Å². The molecule has 1 aliphatic heterocycles. The van der Waals surface area contributed by atoms with E-state index in [4.69, 9.17) is 9.26 Å². The van der Waals surface area contributed by atoms with E-state index in [1.807, 2.05) is 6.07 Å². The van der Waals surface area contributed by atoms with Gasteiger partial charge in [0, 0.05) is 32.1 Å². The van der Waals surface area contributed by atoms with Crippen molar-refractivity contribution in [3.63, 3.8) is 0 Å². The molecule has 2 aromatic rings. The van der Waals surface area contributed by atoms with E-state index in [0.717, 1.165) is 25.0 Å². The standard InChI is InChI=1S/C21H25N3O4/c1-14(25)22-17-8-9-24(12-17)21(26)20-11-19(28-23-20)13-27-18-7-6-15-4-2-3-5-16(15)10-18/h6-7,10-11,17H,2-5,8-9,12-13H2,1H3,(H,22,25)/t17-/m1/s1. The maximum atomic E-state index is 12.6. The van der Waals surface area contributed by atoms with Crippen LogP contribution in [0.25, 0.3) is 0 Å². The Morgan fingerprint density at radius 2 is 2.07 bits per heavy atom. The average Bonchev–Trinajstić information content (AvgIpc) is 3.35. The van der Waals surface area contributed by atoms with Gasteiger partial charge in [0.2, 0.25) is 5.91 Å². The second-order valence-electron chi connectivity index (χ2n) is 7.54. The third kappa shape index (κ3) is 4.18. The second kappa shape index (κ2) is 8.04. The van der Waals surface area contributed by atoms with Crippen molar-refractivity contribution in [3.05, 3.63) is 46.8 Å². The van der Waals surface area contributed by atoms with Gasteiger partial charge in [0.15, 0.2) is 11.5 Å². The summed E-state index contributed by atoms with van der Waals surface area (Å²) in [6.07, 6.45) is 5.47. The van der Waals surface area contributed by atoms with E-state index in [9.17, 15) is 9.59 Å². The minimum Gasteiger partial charge on any atom is -0.486 e. The molecule has 1 aromatic heterocycles. The van der Waals surface area contributed by atoms with Crippen molar-refractivity contribution < 1.29 is 18.8 Å². The Morgan fingerprint density at radius 1 is 1.25 bits per heavy atom. The number of hydrogen-bond donors (Lipinski definition) is 1. The quantitative estimate of drug-likeness (QED) is 0.857. The largest absolute Gasteiger partial charge is 0.486 e. The minimum atomic E-state index is -0.184. The van der Waals surface area contributed by atoms with Crippen molar-refractivity contribution in [2.75, 3.05) is 13.1 Å². The van der Waals surface area contributed by atoms with Gasteiger partial charge in [-0.05, 0) is 55.4 Å². The monoisotopic (exact) mass is 383 g/mol. The second-order valence-corrected chi connectivity index (χ2v) is 7.54. The number of amides is 2. The molecule has 7 nitrogen and oxygen atoms in total. The summed E-state index contributed by atoms with van der Waals surface area (Å²) in [4.78, 5) is 25.4. The molecule has 1 saturated heterocycles. The van der Waals surface area contributed by atoms with Gasteiger partial charge in [-0.15, -0.1) is 0 Å². The number of carbonyl (C=O) groups excluding carboxylic acids is 2. The third-order valence-corrected chi connectivity index (χ3v) is 5.36. The van der Waals surface area contributed by atoms with Gasteiger partial charge in [-0.25, -0.2) is 0 Å². The van der Waals surface area contributed by atoms with Gasteiger partial charge in [0.05, 0.1) is 0 Å². The molecule has 1 atom stereocenters. The van der Waals surface area contributed by atoms with E-state index in [1.165, 1.54) is 30.9 Å². The summed E-state index contributed by atoms with van der Waals surface area (Å²) < 4.78 is 11.1. The predicted molar refractivity (Wildman–Crippen MR) is 102 cm³/mol. The molecule has 2 amide bonds. The van der Waals surface area contributed by atoms with Crippen LogP contribution in [-0.4, -0.2) is 41.0 Å². The van der Waals surface area contributed by atoms with Crippen LogP contribution in [0.3, 0.4) is 0 Å². The fourth-order valence-electron chi connectivity index (χ4n) is 3.95. The van der Waals surface area contributed by atoms with E-state index in [2.05, 4.69) is 22.6 Å². The molecule has 0 saturated carbocycles. The molecule has 1 N–H and O–H groups in total. The van der Waals surface area contributed by atoms with Crippen molar-refractivity contribution in [3.8, 4) is 5.75 Å². The zero-order chi connectivity index (χ0) is 19.5. The Kier molecular flexibility index (Phi) is 5.32. The number of aryl methyl sites for hydroxylation is 2. The average molecular weight is 383 g/mol. The van der Waals surface area contributed by atoms with Crippen molar-refractivity contribution in [2.45, 2.75) is 51.7 Å². The first kappa shape index (κ1) is 18.5. The summed E-state index contributed by atoms with van der Waals surface area (Å²) in [6.45, 7) is 2.80. The Hall–Kier alpha value is -2.83. The van der Waals surface area contributed by atoms with Gasteiger partial charge in [-0.3, -0.25) is 9.59 Å². The van der Waals surface area contributed by atoms with Crippen LogP contribution in [0.2, 0.25) is 0 Å². The summed E-state index contributed by atoms with van der Waals surface area (Å²) in [6, 6.07) is 7.85.